The molecule has 2 bridgehead atoms. The monoisotopic (exact) mass is 365 g/mol. The highest BCUT2D eigenvalue weighted by molar-refractivity contribution is 5.98. The maximum atomic E-state index is 12.6. The van der Waals surface area contributed by atoms with E-state index in [1.54, 1.807) is 12.4 Å². The predicted molar refractivity (Wildman–Crippen MR) is 105 cm³/mol. The molecule has 1 aromatic carbocycles. The van der Waals surface area contributed by atoms with Crippen LogP contribution in [-0.4, -0.2) is 17.5 Å². The molecule has 4 atom stereocenters. The fourth-order valence-corrected chi connectivity index (χ4v) is 4.78. The van der Waals surface area contributed by atoms with Crippen LogP contribution in [0.15, 0.2) is 48.8 Å². The second-order valence-corrected chi connectivity index (χ2v) is 7.85. The van der Waals surface area contributed by atoms with E-state index in [2.05, 4.69) is 22.7 Å². The summed E-state index contributed by atoms with van der Waals surface area (Å²) in [6.45, 7) is 3.58. The minimum Gasteiger partial charge on any atom is -0.380 e. The third-order valence-corrected chi connectivity index (χ3v) is 6.38. The normalized spacial score (nSPS) is 26.1. The lowest BCUT2D eigenvalue weighted by Gasteiger charge is -2.27. The van der Waals surface area contributed by atoms with Crippen molar-refractivity contribution >= 4 is 11.6 Å². The van der Waals surface area contributed by atoms with Crippen molar-refractivity contribution in [3.63, 3.8) is 0 Å². The van der Waals surface area contributed by atoms with Gasteiger partial charge in [-0.2, -0.15) is 0 Å². The number of fused-ring (bicyclic) bond motifs is 2. The van der Waals surface area contributed by atoms with Gasteiger partial charge < -0.3 is 5.32 Å². The number of amides is 1. The van der Waals surface area contributed by atoms with Crippen LogP contribution in [0, 0.1) is 23.7 Å². The average molecular weight is 365 g/mol. The molecule has 1 aromatic heterocycles. The van der Waals surface area contributed by atoms with E-state index in [-0.39, 0.29) is 5.91 Å². The number of carbonyl (C=O) groups excluding carboxylic acids is 1. The van der Waals surface area contributed by atoms with Crippen LogP contribution in [0.5, 0.6) is 0 Å². The summed E-state index contributed by atoms with van der Waals surface area (Å²) < 4.78 is 0. The molecule has 0 saturated heterocycles. The Balaban J connectivity index is 1.32. The number of hydroxylamine groups is 1. The van der Waals surface area contributed by atoms with Crippen molar-refractivity contribution in [2.45, 2.75) is 32.7 Å². The van der Waals surface area contributed by atoms with Crippen molar-refractivity contribution in [2.24, 2.45) is 23.7 Å². The summed E-state index contributed by atoms with van der Waals surface area (Å²) in [4.78, 5) is 22.3. The Labute approximate surface area is 160 Å². The molecular weight excluding hydrogens is 338 g/mol. The smallest absolute Gasteiger partial charge is 0.276 e. The van der Waals surface area contributed by atoms with Crippen molar-refractivity contribution in [3.8, 4) is 0 Å². The van der Waals surface area contributed by atoms with Crippen LogP contribution in [0.2, 0.25) is 0 Å². The van der Waals surface area contributed by atoms with Crippen LogP contribution in [0.25, 0.3) is 0 Å². The Morgan fingerprint density at radius 2 is 1.93 bits per heavy atom. The molecule has 142 valence electrons. The van der Waals surface area contributed by atoms with Crippen LogP contribution < -0.4 is 10.8 Å². The number of pyridine rings is 1. The molecule has 2 fully saturated rings. The summed E-state index contributed by atoms with van der Waals surface area (Å²) in [5.74, 6) is 2.70. The topological polar surface area (TPSA) is 63.2 Å². The second kappa shape index (κ2) is 8.09. The van der Waals surface area contributed by atoms with Gasteiger partial charge in [-0.25, -0.2) is 5.48 Å². The molecule has 2 aliphatic carbocycles. The van der Waals surface area contributed by atoms with Gasteiger partial charge in [-0.1, -0.05) is 19.1 Å². The van der Waals surface area contributed by atoms with Gasteiger partial charge in [-0.3, -0.25) is 14.6 Å². The van der Waals surface area contributed by atoms with Crippen molar-refractivity contribution in [1.82, 2.24) is 10.5 Å². The third kappa shape index (κ3) is 3.98. The predicted octanol–water partition coefficient (Wildman–Crippen LogP) is 4.04. The van der Waals surface area contributed by atoms with Crippen LogP contribution in [0.4, 0.5) is 5.69 Å². The highest BCUT2D eigenvalue weighted by Crippen LogP contribution is 2.51. The molecule has 4 rings (SSSR count). The van der Waals surface area contributed by atoms with E-state index < -0.39 is 0 Å². The number of hydrogen-bond donors (Lipinski definition) is 2. The van der Waals surface area contributed by atoms with Crippen molar-refractivity contribution < 1.29 is 9.63 Å². The van der Waals surface area contributed by atoms with Gasteiger partial charge in [0, 0.05) is 24.6 Å². The lowest BCUT2D eigenvalue weighted by Crippen LogP contribution is -2.31. The molecule has 0 aliphatic heterocycles. The minimum atomic E-state index is -0.205. The Kier molecular flexibility index (Phi) is 5.39. The first-order valence-corrected chi connectivity index (χ1v) is 9.86. The summed E-state index contributed by atoms with van der Waals surface area (Å²) in [6.07, 6.45) is 7.55. The highest BCUT2D eigenvalue weighted by atomic mass is 16.7. The standard InChI is InChI=1S/C22H27N3O2/c1-15-17-6-7-18(12-17)20(15)14-27-25-22(26)19-4-2-3-5-21(19)24-13-16-8-10-23-11-9-16/h2-5,8-11,15,17-18,20,24H,6-7,12-14H2,1H3,(H,25,26). The van der Waals surface area contributed by atoms with Crippen molar-refractivity contribution in [2.75, 3.05) is 11.9 Å². The van der Waals surface area contributed by atoms with E-state index in [9.17, 15) is 4.79 Å². The molecule has 0 spiro atoms. The van der Waals surface area contributed by atoms with E-state index in [4.69, 9.17) is 4.84 Å². The van der Waals surface area contributed by atoms with Crippen molar-refractivity contribution in [3.05, 3.63) is 59.9 Å². The average Bonchev–Trinajstić information content (AvgIpc) is 3.30. The molecule has 27 heavy (non-hydrogen) atoms. The molecule has 2 saturated carbocycles. The number of hydrogen-bond acceptors (Lipinski definition) is 4. The zero-order chi connectivity index (χ0) is 18.6. The number of carbonyl (C=O) groups is 1. The van der Waals surface area contributed by atoms with E-state index in [0.29, 0.717) is 30.6 Å². The van der Waals surface area contributed by atoms with E-state index in [0.717, 1.165) is 23.1 Å². The molecule has 2 aromatic rings. The number of nitrogens with one attached hydrogen (secondary N) is 2. The summed E-state index contributed by atoms with van der Waals surface area (Å²) in [6, 6.07) is 11.4. The van der Waals surface area contributed by atoms with Gasteiger partial charge in [-0.05, 0) is 72.8 Å². The molecule has 0 radical (unpaired) electrons. The van der Waals surface area contributed by atoms with Gasteiger partial charge in [0.25, 0.3) is 5.91 Å². The molecule has 2 N–H and O–H groups in total. The summed E-state index contributed by atoms with van der Waals surface area (Å²) in [7, 11) is 0. The summed E-state index contributed by atoms with van der Waals surface area (Å²) >= 11 is 0. The summed E-state index contributed by atoms with van der Waals surface area (Å²) in [5, 5.41) is 3.33. The van der Waals surface area contributed by atoms with Crippen LogP contribution in [0.3, 0.4) is 0 Å². The lowest BCUT2D eigenvalue weighted by molar-refractivity contribution is -0.00255. The quantitative estimate of drug-likeness (QED) is 0.727. The molecule has 5 heteroatoms. The number of rotatable bonds is 7. The number of para-hydroxylation sites is 1. The molecule has 5 nitrogen and oxygen atoms in total. The first kappa shape index (κ1) is 18.0. The number of aromatic nitrogens is 1. The molecule has 4 unspecified atom stereocenters. The van der Waals surface area contributed by atoms with Gasteiger partial charge >= 0.3 is 0 Å². The Bertz CT molecular complexity index is 778. The van der Waals surface area contributed by atoms with Gasteiger partial charge in [0.2, 0.25) is 0 Å². The third-order valence-electron chi connectivity index (χ3n) is 6.38. The maximum absolute atomic E-state index is 12.6. The Morgan fingerprint density at radius 3 is 2.70 bits per heavy atom. The largest absolute Gasteiger partial charge is 0.380 e. The Hall–Kier alpha value is -2.40. The van der Waals surface area contributed by atoms with Gasteiger partial charge in [-0.15, -0.1) is 0 Å². The van der Waals surface area contributed by atoms with Crippen LogP contribution in [-0.2, 0) is 11.4 Å². The zero-order valence-corrected chi connectivity index (χ0v) is 15.7. The molecule has 2 aliphatic rings. The SMILES string of the molecule is CC1C2CCC(C2)C1CONC(=O)c1ccccc1NCc1ccncc1. The number of benzene rings is 1. The first-order chi connectivity index (χ1) is 13.2. The Morgan fingerprint density at radius 1 is 1.15 bits per heavy atom. The highest BCUT2D eigenvalue weighted by Gasteiger charge is 2.45. The maximum Gasteiger partial charge on any atom is 0.276 e. The van der Waals surface area contributed by atoms with E-state index >= 15 is 0 Å². The molecular formula is C22H27N3O2. The van der Waals surface area contributed by atoms with Gasteiger partial charge in [0.05, 0.1) is 12.2 Å². The number of anilines is 1. The van der Waals surface area contributed by atoms with Gasteiger partial charge in [0.1, 0.15) is 0 Å². The second-order valence-electron chi connectivity index (χ2n) is 7.85. The fourth-order valence-electron chi connectivity index (χ4n) is 4.78. The molecule has 1 heterocycles. The molecule has 1 amide bonds. The first-order valence-electron chi connectivity index (χ1n) is 9.86. The van der Waals surface area contributed by atoms with E-state index in [1.807, 2.05) is 36.4 Å². The zero-order valence-electron chi connectivity index (χ0n) is 15.7. The van der Waals surface area contributed by atoms with Gasteiger partial charge in [0.15, 0.2) is 0 Å². The number of nitrogens with zero attached hydrogens (tertiary/aromatic N) is 1. The van der Waals surface area contributed by atoms with Crippen LogP contribution in [0.1, 0.15) is 42.1 Å². The minimum absolute atomic E-state index is 0.205. The van der Waals surface area contributed by atoms with Crippen molar-refractivity contribution in [1.29, 1.82) is 0 Å². The fraction of sp³-hybridized carbons (Fsp3) is 0.455. The summed E-state index contributed by atoms with van der Waals surface area (Å²) in [5.41, 5.74) is 5.15. The van der Waals surface area contributed by atoms with E-state index in [1.165, 1.54) is 19.3 Å². The lowest BCUT2D eigenvalue weighted by atomic mass is 9.81. The van der Waals surface area contributed by atoms with Crippen LogP contribution >= 0.6 is 0 Å².